The van der Waals surface area contributed by atoms with E-state index in [0.717, 1.165) is 13.0 Å². The Hall–Kier alpha value is -0.610. The summed E-state index contributed by atoms with van der Waals surface area (Å²) in [5, 5.41) is 2.82. The molecule has 0 aromatic rings. The fraction of sp³-hybridized carbons (Fsp3) is 0.923. The molecule has 4 heteroatoms. The van der Waals surface area contributed by atoms with Crippen molar-refractivity contribution in [2.75, 3.05) is 46.3 Å². The van der Waals surface area contributed by atoms with Crippen LogP contribution in [0, 0.1) is 0 Å². The Bertz CT molecular complexity index is 189. The fourth-order valence-electron chi connectivity index (χ4n) is 1.80. The maximum Gasteiger partial charge on any atom is 0.216 e. The van der Waals surface area contributed by atoms with Gasteiger partial charge >= 0.3 is 0 Å². The molecule has 1 aliphatic rings. The van der Waals surface area contributed by atoms with Crippen LogP contribution in [0.15, 0.2) is 0 Å². The molecule has 1 rings (SSSR count). The first-order valence-electron chi connectivity index (χ1n) is 6.84. The SMILES string of the molecule is CC.CC(=O)NCCCCN1CCN(C)CC1. The van der Waals surface area contributed by atoms with Crippen LogP contribution in [0.5, 0.6) is 0 Å². The van der Waals surface area contributed by atoms with Crippen molar-refractivity contribution < 1.29 is 4.79 Å². The van der Waals surface area contributed by atoms with Crippen molar-refractivity contribution in [3.63, 3.8) is 0 Å². The van der Waals surface area contributed by atoms with Gasteiger partial charge in [-0.15, -0.1) is 0 Å². The highest BCUT2D eigenvalue weighted by molar-refractivity contribution is 5.72. The van der Waals surface area contributed by atoms with Gasteiger partial charge in [0.2, 0.25) is 5.91 Å². The van der Waals surface area contributed by atoms with E-state index in [0.29, 0.717) is 0 Å². The van der Waals surface area contributed by atoms with Crippen molar-refractivity contribution in [2.45, 2.75) is 33.6 Å². The first-order valence-corrected chi connectivity index (χ1v) is 6.84. The molecule has 0 saturated carbocycles. The number of amides is 1. The molecule has 1 aliphatic heterocycles. The van der Waals surface area contributed by atoms with Crippen LogP contribution in [0.25, 0.3) is 0 Å². The van der Waals surface area contributed by atoms with Crippen LogP contribution >= 0.6 is 0 Å². The summed E-state index contributed by atoms with van der Waals surface area (Å²) < 4.78 is 0. The van der Waals surface area contributed by atoms with Crippen LogP contribution in [0.1, 0.15) is 33.6 Å². The highest BCUT2D eigenvalue weighted by Crippen LogP contribution is 2.01. The highest BCUT2D eigenvalue weighted by Gasteiger charge is 2.12. The van der Waals surface area contributed by atoms with E-state index in [9.17, 15) is 4.79 Å². The summed E-state index contributed by atoms with van der Waals surface area (Å²) in [6.45, 7) is 12.3. The third-order valence-corrected chi connectivity index (χ3v) is 2.87. The number of hydrogen-bond acceptors (Lipinski definition) is 3. The number of likely N-dealkylation sites (N-methyl/N-ethyl adjacent to an activating group) is 1. The van der Waals surface area contributed by atoms with Crippen molar-refractivity contribution >= 4 is 5.91 Å². The molecule has 1 fully saturated rings. The smallest absolute Gasteiger partial charge is 0.216 e. The maximum atomic E-state index is 10.6. The van der Waals surface area contributed by atoms with Crippen molar-refractivity contribution in [3.8, 4) is 0 Å². The minimum absolute atomic E-state index is 0.0783. The average molecular weight is 243 g/mol. The standard InChI is InChI=1S/C11H23N3O.C2H6/c1-11(15)12-5-3-4-6-14-9-7-13(2)8-10-14;1-2/h3-10H2,1-2H3,(H,12,15);1-2H3. The number of nitrogens with zero attached hydrogens (tertiary/aromatic N) is 2. The topological polar surface area (TPSA) is 35.6 Å². The van der Waals surface area contributed by atoms with Gasteiger partial charge in [0.05, 0.1) is 0 Å². The van der Waals surface area contributed by atoms with Gasteiger partial charge in [-0.1, -0.05) is 13.8 Å². The number of nitrogens with one attached hydrogen (secondary N) is 1. The number of unbranched alkanes of at least 4 members (excludes halogenated alkanes) is 1. The average Bonchev–Trinajstić information content (AvgIpc) is 2.33. The van der Waals surface area contributed by atoms with Crippen LogP contribution < -0.4 is 5.32 Å². The molecule has 17 heavy (non-hydrogen) atoms. The zero-order valence-corrected chi connectivity index (χ0v) is 12.0. The van der Waals surface area contributed by atoms with E-state index in [1.165, 1.54) is 39.1 Å². The van der Waals surface area contributed by atoms with Gasteiger partial charge in [-0.25, -0.2) is 0 Å². The highest BCUT2D eigenvalue weighted by atomic mass is 16.1. The number of rotatable bonds is 5. The third-order valence-electron chi connectivity index (χ3n) is 2.87. The molecule has 0 unspecified atom stereocenters. The van der Waals surface area contributed by atoms with E-state index in [4.69, 9.17) is 0 Å². The quantitative estimate of drug-likeness (QED) is 0.737. The predicted octanol–water partition coefficient (Wildman–Crippen LogP) is 1.18. The molecule has 1 saturated heterocycles. The second-order valence-electron chi connectivity index (χ2n) is 4.33. The zero-order chi connectivity index (χ0) is 13.1. The number of carbonyl (C=O) groups is 1. The molecule has 4 nitrogen and oxygen atoms in total. The number of hydrogen-bond donors (Lipinski definition) is 1. The fourth-order valence-corrected chi connectivity index (χ4v) is 1.80. The summed E-state index contributed by atoms with van der Waals surface area (Å²) in [7, 11) is 2.17. The van der Waals surface area contributed by atoms with E-state index in [1.807, 2.05) is 13.8 Å². The molecule has 0 aromatic heterocycles. The lowest BCUT2D eigenvalue weighted by molar-refractivity contribution is -0.118. The van der Waals surface area contributed by atoms with Gasteiger partial charge in [0.15, 0.2) is 0 Å². The molecule has 102 valence electrons. The Labute approximate surface area is 106 Å². The van der Waals surface area contributed by atoms with Gasteiger partial charge in [0, 0.05) is 39.6 Å². The molecule has 0 radical (unpaired) electrons. The van der Waals surface area contributed by atoms with Crippen molar-refractivity contribution in [2.24, 2.45) is 0 Å². The Morgan fingerprint density at radius 1 is 1.12 bits per heavy atom. The summed E-state index contributed by atoms with van der Waals surface area (Å²) in [6, 6.07) is 0. The van der Waals surface area contributed by atoms with E-state index in [-0.39, 0.29) is 5.91 Å². The van der Waals surface area contributed by atoms with Gasteiger partial charge in [0.25, 0.3) is 0 Å². The third kappa shape index (κ3) is 9.12. The summed E-state index contributed by atoms with van der Waals surface area (Å²) >= 11 is 0. The Kier molecular flexibility index (Phi) is 10.2. The Morgan fingerprint density at radius 3 is 2.24 bits per heavy atom. The van der Waals surface area contributed by atoms with Crippen molar-refractivity contribution in [1.29, 1.82) is 0 Å². The lowest BCUT2D eigenvalue weighted by Gasteiger charge is -2.32. The Morgan fingerprint density at radius 2 is 1.71 bits per heavy atom. The molecule has 0 spiro atoms. The lowest BCUT2D eigenvalue weighted by Crippen LogP contribution is -2.44. The second-order valence-corrected chi connectivity index (χ2v) is 4.33. The first-order chi connectivity index (χ1) is 8.18. The second kappa shape index (κ2) is 10.5. The van der Waals surface area contributed by atoms with Crippen LogP contribution in [0.3, 0.4) is 0 Å². The van der Waals surface area contributed by atoms with Gasteiger partial charge in [-0.2, -0.15) is 0 Å². The van der Waals surface area contributed by atoms with E-state index in [2.05, 4.69) is 22.2 Å². The maximum absolute atomic E-state index is 10.6. The molecule has 1 amide bonds. The molecule has 1 N–H and O–H groups in total. The van der Waals surface area contributed by atoms with Crippen LogP contribution in [0.4, 0.5) is 0 Å². The van der Waals surface area contributed by atoms with Crippen LogP contribution in [-0.2, 0) is 4.79 Å². The number of carbonyl (C=O) groups excluding carboxylic acids is 1. The van der Waals surface area contributed by atoms with Gasteiger partial charge in [-0.3, -0.25) is 4.79 Å². The van der Waals surface area contributed by atoms with Crippen LogP contribution in [0.2, 0.25) is 0 Å². The molecular weight excluding hydrogens is 214 g/mol. The summed E-state index contributed by atoms with van der Waals surface area (Å²) in [6.07, 6.45) is 2.27. The van der Waals surface area contributed by atoms with E-state index >= 15 is 0 Å². The first kappa shape index (κ1) is 16.4. The molecule has 1 heterocycles. The van der Waals surface area contributed by atoms with Crippen molar-refractivity contribution in [3.05, 3.63) is 0 Å². The number of piperazine rings is 1. The zero-order valence-electron chi connectivity index (χ0n) is 12.0. The van der Waals surface area contributed by atoms with Crippen LogP contribution in [-0.4, -0.2) is 62.0 Å². The molecule has 0 aliphatic carbocycles. The predicted molar refractivity (Wildman–Crippen MR) is 73.2 cm³/mol. The molecule has 0 atom stereocenters. The normalized spacial score (nSPS) is 17.2. The largest absolute Gasteiger partial charge is 0.356 e. The molecule has 0 aromatic carbocycles. The van der Waals surface area contributed by atoms with E-state index in [1.54, 1.807) is 6.92 Å². The van der Waals surface area contributed by atoms with Gasteiger partial charge < -0.3 is 15.1 Å². The summed E-state index contributed by atoms with van der Waals surface area (Å²) in [5.74, 6) is 0.0783. The van der Waals surface area contributed by atoms with E-state index < -0.39 is 0 Å². The minimum atomic E-state index is 0.0783. The lowest BCUT2D eigenvalue weighted by atomic mass is 10.2. The molecular formula is C13H29N3O. The molecule has 0 bridgehead atoms. The van der Waals surface area contributed by atoms with Crippen molar-refractivity contribution in [1.82, 2.24) is 15.1 Å². The minimum Gasteiger partial charge on any atom is -0.356 e. The summed E-state index contributed by atoms with van der Waals surface area (Å²) in [5.41, 5.74) is 0. The monoisotopic (exact) mass is 243 g/mol. The van der Waals surface area contributed by atoms with Gasteiger partial charge in [-0.05, 0) is 26.4 Å². The summed E-state index contributed by atoms with van der Waals surface area (Å²) in [4.78, 5) is 15.5. The Balaban J connectivity index is 0.00000121. The van der Waals surface area contributed by atoms with Gasteiger partial charge in [0.1, 0.15) is 0 Å².